The van der Waals surface area contributed by atoms with Crippen LogP contribution in [0.2, 0.25) is 0 Å². The molecule has 0 unspecified atom stereocenters. The van der Waals surface area contributed by atoms with Crippen LogP contribution in [0.1, 0.15) is 5.56 Å². The topological polar surface area (TPSA) is 72.2 Å². The number of nitrogens with one attached hydrogen (secondary N) is 1. The Kier molecular flexibility index (Phi) is 5.88. The van der Waals surface area contributed by atoms with E-state index in [4.69, 9.17) is 5.73 Å². The summed E-state index contributed by atoms with van der Waals surface area (Å²) in [6, 6.07) is 3.64. The smallest absolute Gasteiger partial charge is 0.240 e. The van der Waals surface area contributed by atoms with Crippen LogP contribution in [0, 0.1) is 12.7 Å². The molecule has 0 atom stereocenters. The number of sulfonamides is 1. The zero-order valence-corrected chi connectivity index (χ0v) is 10.4. The molecule has 7 heteroatoms. The lowest BCUT2D eigenvalue weighted by molar-refractivity contribution is 0.580. The Morgan fingerprint density at radius 2 is 2.06 bits per heavy atom. The van der Waals surface area contributed by atoms with Crippen molar-refractivity contribution in [2.24, 2.45) is 5.73 Å². The molecule has 0 bridgehead atoms. The minimum atomic E-state index is -3.56. The highest BCUT2D eigenvalue weighted by Gasteiger charge is 2.13. The van der Waals surface area contributed by atoms with Crippen molar-refractivity contribution < 1.29 is 12.8 Å². The summed E-state index contributed by atoms with van der Waals surface area (Å²) in [5.74, 6) is -0.423. The number of hydrogen-bond donors (Lipinski definition) is 2. The number of rotatable bonds is 4. The highest BCUT2D eigenvalue weighted by molar-refractivity contribution is 7.89. The van der Waals surface area contributed by atoms with E-state index in [1.807, 2.05) is 0 Å². The molecule has 0 saturated carbocycles. The number of aryl methyl sites for hydroxylation is 1. The van der Waals surface area contributed by atoms with Crippen LogP contribution >= 0.6 is 12.4 Å². The van der Waals surface area contributed by atoms with Crippen molar-refractivity contribution in [3.8, 4) is 0 Å². The van der Waals surface area contributed by atoms with Gasteiger partial charge in [0.2, 0.25) is 10.0 Å². The van der Waals surface area contributed by atoms with Gasteiger partial charge in [-0.05, 0) is 30.7 Å². The van der Waals surface area contributed by atoms with Crippen LogP contribution < -0.4 is 10.5 Å². The van der Waals surface area contributed by atoms with Crippen molar-refractivity contribution in [2.75, 3.05) is 13.1 Å². The third-order valence-corrected chi connectivity index (χ3v) is 3.33. The van der Waals surface area contributed by atoms with Crippen molar-refractivity contribution >= 4 is 22.4 Å². The second-order valence-electron chi connectivity index (χ2n) is 3.10. The molecule has 1 rings (SSSR count). The molecular weight excluding hydrogens is 255 g/mol. The van der Waals surface area contributed by atoms with Gasteiger partial charge in [0, 0.05) is 13.1 Å². The lowest BCUT2D eigenvalue weighted by atomic mass is 10.2. The molecule has 16 heavy (non-hydrogen) atoms. The van der Waals surface area contributed by atoms with Crippen LogP contribution in [0.25, 0.3) is 0 Å². The molecule has 3 N–H and O–H groups in total. The molecule has 4 nitrogen and oxygen atoms in total. The average Bonchev–Trinajstić information content (AvgIpc) is 2.19. The summed E-state index contributed by atoms with van der Waals surface area (Å²) in [5, 5.41) is 0. The van der Waals surface area contributed by atoms with Crippen LogP contribution in [0.5, 0.6) is 0 Å². The Morgan fingerprint density at radius 3 is 2.56 bits per heavy atom. The van der Waals surface area contributed by atoms with Gasteiger partial charge in [0.25, 0.3) is 0 Å². The van der Waals surface area contributed by atoms with E-state index in [9.17, 15) is 12.8 Å². The molecule has 0 aliphatic carbocycles. The summed E-state index contributed by atoms with van der Waals surface area (Å²) >= 11 is 0. The SMILES string of the molecule is Cc1cc(S(=O)(=O)NCCN)ccc1F.Cl. The summed E-state index contributed by atoms with van der Waals surface area (Å²) in [5.41, 5.74) is 5.48. The Bertz CT molecular complexity index is 451. The van der Waals surface area contributed by atoms with Gasteiger partial charge >= 0.3 is 0 Å². The van der Waals surface area contributed by atoms with Gasteiger partial charge in [0.05, 0.1) is 4.90 Å². The predicted molar refractivity (Wildman–Crippen MR) is 62.6 cm³/mol. The van der Waals surface area contributed by atoms with E-state index in [2.05, 4.69) is 4.72 Å². The lowest BCUT2D eigenvalue weighted by Gasteiger charge is -2.06. The minimum Gasteiger partial charge on any atom is -0.329 e. The largest absolute Gasteiger partial charge is 0.329 e. The van der Waals surface area contributed by atoms with E-state index >= 15 is 0 Å². The molecule has 0 aliphatic rings. The number of benzene rings is 1. The molecule has 0 radical (unpaired) electrons. The van der Waals surface area contributed by atoms with E-state index in [0.29, 0.717) is 5.56 Å². The molecule has 1 aromatic carbocycles. The van der Waals surface area contributed by atoms with E-state index in [0.717, 1.165) is 6.07 Å². The fourth-order valence-corrected chi connectivity index (χ4v) is 2.19. The average molecular weight is 269 g/mol. The number of nitrogens with two attached hydrogens (primary N) is 1. The fraction of sp³-hybridized carbons (Fsp3) is 0.333. The quantitative estimate of drug-likeness (QED) is 0.848. The maximum Gasteiger partial charge on any atom is 0.240 e. The Labute approximate surface area is 100 Å². The third kappa shape index (κ3) is 3.71. The van der Waals surface area contributed by atoms with Gasteiger partial charge in [0.15, 0.2) is 0 Å². The van der Waals surface area contributed by atoms with Gasteiger partial charge in [-0.2, -0.15) is 0 Å². The summed E-state index contributed by atoms with van der Waals surface area (Å²) in [6.07, 6.45) is 0. The Morgan fingerprint density at radius 1 is 1.44 bits per heavy atom. The van der Waals surface area contributed by atoms with Gasteiger partial charge in [-0.1, -0.05) is 0 Å². The standard InChI is InChI=1S/C9H13FN2O2S.ClH/c1-7-6-8(2-3-9(7)10)15(13,14)12-5-4-11;/h2-3,6,12H,4-5,11H2,1H3;1H. The zero-order chi connectivity index (χ0) is 11.5. The highest BCUT2D eigenvalue weighted by Crippen LogP contribution is 2.13. The van der Waals surface area contributed by atoms with Gasteiger partial charge in [0.1, 0.15) is 5.82 Å². The summed E-state index contributed by atoms with van der Waals surface area (Å²) < 4.78 is 38.3. The van der Waals surface area contributed by atoms with E-state index in [1.54, 1.807) is 0 Å². The van der Waals surface area contributed by atoms with Gasteiger partial charge in [-0.3, -0.25) is 0 Å². The normalized spacial score (nSPS) is 10.9. The molecule has 0 fully saturated rings. The van der Waals surface area contributed by atoms with Crippen LogP contribution in [-0.4, -0.2) is 21.5 Å². The first-order chi connectivity index (χ1) is 6.97. The third-order valence-electron chi connectivity index (χ3n) is 1.88. The summed E-state index contributed by atoms with van der Waals surface area (Å²) in [4.78, 5) is 0.0508. The minimum absolute atomic E-state index is 0. The molecule has 0 aliphatic heterocycles. The van der Waals surface area contributed by atoms with Gasteiger partial charge < -0.3 is 5.73 Å². The second-order valence-corrected chi connectivity index (χ2v) is 4.86. The monoisotopic (exact) mass is 268 g/mol. The van der Waals surface area contributed by atoms with Crippen LogP contribution in [0.3, 0.4) is 0 Å². The predicted octanol–water partition coefficient (Wildman–Crippen LogP) is 0.793. The molecule has 0 heterocycles. The summed E-state index contributed by atoms with van der Waals surface area (Å²) in [7, 11) is -3.56. The van der Waals surface area contributed by atoms with Crippen molar-refractivity contribution in [3.63, 3.8) is 0 Å². The maximum atomic E-state index is 12.9. The fourth-order valence-electron chi connectivity index (χ4n) is 1.06. The van der Waals surface area contributed by atoms with E-state index < -0.39 is 15.8 Å². The maximum absolute atomic E-state index is 12.9. The van der Waals surface area contributed by atoms with Crippen molar-refractivity contribution in [3.05, 3.63) is 29.6 Å². The van der Waals surface area contributed by atoms with Gasteiger partial charge in [-0.25, -0.2) is 17.5 Å². The first-order valence-corrected chi connectivity index (χ1v) is 5.91. The number of halogens is 2. The first-order valence-electron chi connectivity index (χ1n) is 4.43. The Balaban J connectivity index is 0.00000225. The molecule has 92 valence electrons. The molecule has 1 aromatic rings. The van der Waals surface area contributed by atoms with Crippen LogP contribution in [0.4, 0.5) is 4.39 Å². The van der Waals surface area contributed by atoms with Crippen molar-refractivity contribution in [2.45, 2.75) is 11.8 Å². The van der Waals surface area contributed by atoms with Crippen LogP contribution in [0.15, 0.2) is 23.1 Å². The van der Waals surface area contributed by atoms with Gasteiger partial charge in [-0.15, -0.1) is 12.4 Å². The molecule has 0 aromatic heterocycles. The highest BCUT2D eigenvalue weighted by atomic mass is 35.5. The first kappa shape index (κ1) is 15.3. The van der Waals surface area contributed by atoms with Crippen molar-refractivity contribution in [1.29, 1.82) is 0 Å². The number of hydrogen-bond acceptors (Lipinski definition) is 3. The molecule has 0 saturated heterocycles. The summed E-state index contributed by atoms with van der Waals surface area (Å²) in [6.45, 7) is 1.90. The molecule has 0 amide bonds. The van der Waals surface area contributed by atoms with E-state index in [-0.39, 0.29) is 30.4 Å². The van der Waals surface area contributed by atoms with E-state index in [1.165, 1.54) is 19.1 Å². The van der Waals surface area contributed by atoms with Crippen molar-refractivity contribution in [1.82, 2.24) is 4.72 Å². The lowest BCUT2D eigenvalue weighted by Crippen LogP contribution is -2.29. The molecule has 0 spiro atoms. The Hall–Kier alpha value is -0.690. The zero-order valence-electron chi connectivity index (χ0n) is 8.73. The van der Waals surface area contributed by atoms with Crippen LogP contribution in [-0.2, 0) is 10.0 Å². The second kappa shape index (κ2) is 6.15. The molecular formula is C9H14ClFN2O2S.